The molecule has 0 fully saturated rings. The van der Waals surface area contributed by atoms with Crippen LogP contribution in [0.5, 0.6) is 5.75 Å². The molecule has 3 nitrogen and oxygen atoms in total. The summed E-state index contributed by atoms with van der Waals surface area (Å²) in [6, 6.07) is 5.43. The van der Waals surface area contributed by atoms with E-state index in [-0.39, 0.29) is 12.4 Å². The highest BCUT2D eigenvalue weighted by atomic mass is 16.5. The highest BCUT2D eigenvalue weighted by molar-refractivity contribution is 5.63. The van der Waals surface area contributed by atoms with Gasteiger partial charge in [0.25, 0.3) is 0 Å². The Bertz CT molecular complexity index is 419. The van der Waals surface area contributed by atoms with Crippen molar-refractivity contribution in [2.45, 2.75) is 26.1 Å². The Morgan fingerprint density at radius 1 is 1.33 bits per heavy atom. The van der Waals surface area contributed by atoms with Crippen molar-refractivity contribution in [1.82, 2.24) is 0 Å². The van der Waals surface area contributed by atoms with Gasteiger partial charge in [0.1, 0.15) is 11.5 Å². The van der Waals surface area contributed by atoms with Crippen molar-refractivity contribution in [2.75, 3.05) is 0 Å². The maximum absolute atomic E-state index is 9.72. The van der Waals surface area contributed by atoms with Crippen LogP contribution in [0.3, 0.4) is 0 Å². The molecule has 0 saturated heterocycles. The first kappa shape index (κ1) is 10.1. The van der Waals surface area contributed by atoms with E-state index in [0.29, 0.717) is 0 Å². The molecule has 1 aromatic rings. The first-order valence-electron chi connectivity index (χ1n) is 4.87. The van der Waals surface area contributed by atoms with Crippen LogP contribution in [0, 0.1) is 0 Å². The van der Waals surface area contributed by atoms with Gasteiger partial charge in [-0.05, 0) is 37.6 Å². The lowest BCUT2D eigenvalue weighted by Gasteiger charge is -2.30. The molecule has 2 rings (SSSR count). The van der Waals surface area contributed by atoms with Crippen molar-refractivity contribution in [2.24, 2.45) is 0 Å². The van der Waals surface area contributed by atoms with Crippen molar-refractivity contribution < 1.29 is 14.9 Å². The molecule has 1 heterocycles. The van der Waals surface area contributed by atoms with Crippen LogP contribution in [0.4, 0.5) is 0 Å². The average Bonchev–Trinajstić information content (AvgIpc) is 2.19. The minimum Gasteiger partial charge on any atom is -0.508 e. The van der Waals surface area contributed by atoms with Crippen molar-refractivity contribution in [3.63, 3.8) is 0 Å². The smallest absolute Gasteiger partial charge is 0.160 e. The van der Waals surface area contributed by atoms with Gasteiger partial charge in [0.05, 0.1) is 6.61 Å². The summed E-state index contributed by atoms with van der Waals surface area (Å²) in [5.74, 6) is 0.931. The molecule has 80 valence electrons. The molecule has 0 spiro atoms. The summed E-state index contributed by atoms with van der Waals surface area (Å²) in [6.07, 6.45) is 1.68. The Morgan fingerprint density at radius 3 is 2.73 bits per heavy atom. The number of hydrogen-bond donors (Lipinski definition) is 2. The lowest BCUT2D eigenvalue weighted by molar-refractivity contribution is 0.0936. The Hall–Kier alpha value is -1.48. The largest absolute Gasteiger partial charge is 0.508 e. The standard InChI is InChI=1S/C12H14O3/c1-12(2)11(14)6-9-5-8(7-13)3-4-10(9)15-12/h3-6,13-14H,7H2,1-2H3. The second-order valence-electron chi connectivity index (χ2n) is 4.17. The van der Waals surface area contributed by atoms with Crippen LogP contribution in [-0.4, -0.2) is 15.8 Å². The summed E-state index contributed by atoms with van der Waals surface area (Å²) < 4.78 is 5.63. The predicted octanol–water partition coefficient (Wildman–Crippen LogP) is 2.25. The van der Waals surface area contributed by atoms with Crippen LogP contribution in [0.15, 0.2) is 24.0 Å². The molecule has 0 atom stereocenters. The van der Waals surface area contributed by atoms with E-state index in [4.69, 9.17) is 9.84 Å². The van der Waals surface area contributed by atoms with Crippen LogP contribution in [0.2, 0.25) is 0 Å². The number of rotatable bonds is 1. The van der Waals surface area contributed by atoms with Gasteiger partial charge in [-0.25, -0.2) is 0 Å². The van der Waals surface area contributed by atoms with Gasteiger partial charge in [0, 0.05) is 5.56 Å². The van der Waals surface area contributed by atoms with Gasteiger partial charge in [0.15, 0.2) is 5.60 Å². The molecular formula is C12H14O3. The lowest BCUT2D eigenvalue weighted by Crippen LogP contribution is -2.33. The topological polar surface area (TPSA) is 49.7 Å². The summed E-state index contributed by atoms with van der Waals surface area (Å²) in [6.45, 7) is 3.61. The molecule has 0 radical (unpaired) electrons. The summed E-state index contributed by atoms with van der Waals surface area (Å²) in [4.78, 5) is 0. The molecule has 3 heteroatoms. The quantitative estimate of drug-likeness (QED) is 0.741. The van der Waals surface area contributed by atoms with Gasteiger partial charge in [-0.1, -0.05) is 6.07 Å². The van der Waals surface area contributed by atoms with Crippen molar-refractivity contribution in [3.8, 4) is 5.75 Å². The van der Waals surface area contributed by atoms with Crippen LogP contribution in [0.1, 0.15) is 25.0 Å². The number of aliphatic hydroxyl groups is 2. The fourth-order valence-electron chi connectivity index (χ4n) is 1.55. The molecule has 0 aliphatic carbocycles. The maximum atomic E-state index is 9.72. The highest BCUT2D eigenvalue weighted by Gasteiger charge is 2.30. The predicted molar refractivity (Wildman–Crippen MR) is 57.7 cm³/mol. The summed E-state index contributed by atoms with van der Waals surface area (Å²) >= 11 is 0. The van der Waals surface area contributed by atoms with Crippen LogP contribution in [0.25, 0.3) is 6.08 Å². The van der Waals surface area contributed by atoms with E-state index >= 15 is 0 Å². The molecule has 0 aromatic heterocycles. The Kier molecular flexibility index (Phi) is 2.20. The van der Waals surface area contributed by atoms with Gasteiger partial charge in [0.2, 0.25) is 0 Å². The van der Waals surface area contributed by atoms with Crippen molar-refractivity contribution in [1.29, 1.82) is 0 Å². The molecule has 0 unspecified atom stereocenters. The summed E-state index contributed by atoms with van der Waals surface area (Å²) in [7, 11) is 0. The first-order chi connectivity index (χ1) is 7.03. The van der Waals surface area contributed by atoms with Gasteiger partial charge >= 0.3 is 0 Å². The lowest BCUT2D eigenvalue weighted by atomic mass is 9.99. The third-order valence-electron chi connectivity index (χ3n) is 2.53. The second-order valence-corrected chi connectivity index (χ2v) is 4.17. The summed E-state index contributed by atoms with van der Waals surface area (Å²) in [5, 5.41) is 18.7. The van der Waals surface area contributed by atoms with Crippen LogP contribution >= 0.6 is 0 Å². The third-order valence-corrected chi connectivity index (χ3v) is 2.53. The van der Waals surface area contributed by atoms with Gasteiger partial charge < -0.3 is 14.9 Å². The molecule has 1 aromatic carbocycles. The molecule has 1 aliphatic heterocycles. The number of hydrogen-bond acceptors (Lipinski definition) is 3. The normalized spacial score (nSPS) is 17.7. The Balaban J connectivity index is 2.48. The van der Waals surface area contributed by atoms with Gasteiger partial charge in [-0.3, -0.25) is 0 Å². The zero-order chi connectivity index (χ0) is 11.1. The summed E-state index contributed by atoms with van der Waals surface area (Å²) in [5.41, 5.74) is 0.938. The van der Waals surface area contributed by atoms with Crippen molar-refractivity contribution >= 4 is 6.08 Å². The molecule has 0 bridgehead atoms. The zero-order valence-corrected chi connectivity index (χ0v) is 8.82. The zero-order valence-electron chi connectivity index (χ0n) is 8.82. The number of benzene rings is 1. The fraction of sp³-hybridized carbons (Fsp3) is 0.333. The fourth-order valence-corrected chi connectivity index (χ4v) is 1.55. The van der Waals surface area contributed by atoms with E-state index in [9.17, 15) is 5.11 Å². The maximum Gasteiger partial charge on any atom is 0.160 e. The van der Waals surface area contributed by atoms with E-state index in [1.54, 1.807) is 12.1 Å². The molecule has 2 N–H and O–H groups in total. The number of fused-ring (bicyclic) bond motifs is 1. The molecule has 0 saturated carbocycles. The average molecular weight is 206 g/mol. The Morgan fingerprint density at radius 2 is 2.07 bits per heavy atom. The minimum atomic E-state index is -0.673. The van der Waals surface area contributed by atoms with E-state index in [1.807, 2.05) is 26.0 Å². The SMILES string of the molecule is CC1(C)Oc2ccc(CO)cc2C=C1O. The minimum absolute atomic E-state index is 0.00866. The van der Waals surface area contributed by atoms with Gasteiger partial charge in [-0.15, -0.1) is 0 Å². The van der Waals surface area contributed by atoms with Gasteiger partial charge in [-0.2, -0.15) is 0 Å². The third kappa shape index (κ3) is 1.70. The monoisotopic (exact) mass is 206 g/mol. The Labute approximate surface area is 88.6 Å². The molecule has 0 amide bonds. The highest BCUT2D eigenvalue weighted by Crippen LogP contribution is 2.34. The molecular weight excluding hydrogens is 192 g/mol. The number of aliphatic hydroxyl groups excluding tert-OH is 2. The van der Waals surface area contributed by atoms with E-state index < -0.39 is 5.60 Å². The first-order valence-corrected chi connectivity index (χ1v) is 4.87. The van der Waals surface area contributed by atoms with Crippen LogP contribution in [-0.2, 0) is 6.61 Å². The van der Waals surface area contributed by atoms with Crippen LogP contribution < -0.4 is 4.74 Å². The van der Waals surface area contributed by atoms with Crippen molar-refractivity contribution in [3.05, 3.63) is 35.1 Å². The van der Waals surface area contributed by atoms with E-state index in [0.717, 1.165) is 16.9 Å². The molecule has 1 aliphatic rings. The van der Waals surface area contributed by atoms with E-state index in [2.05, 4.69) is 0 Å². The number of ether oxygens (including phenoxy) is 1. The second kappa shape index (κ2) is 3.28. The van der Waals surface area contributed by atoms with E-state index in [1.165, 1.54) is 0 Å². The molecule has 15 heavy (non-hydrogen) atoms.